The summed E-state index contributed by atoms with van der Waals surface area (Å²) in [5.74, 6) is 0.0334. The van der Waals surface area contributed by atoms with E-state index in [-0.39, 0.29) is 11.9 Å². The minimum atomic E-state index is -1.78. The molecule has 0 N–H and O–H groups in total. The SMILES string of the molecule is CC(C)OC(C(=O)c1ccccc1CC[Si](C)(C)O[Si](C)(C)C)c1ccccc1. The van der Waals surface area contributed by atoms with Crippen LogP contribution in [-0.2, 0) is 15.3 Å². The number of hydrogen-bond acceptors (Lipinski definition) is 3. The van der Waals surface area contributed by atoms with E-state index < -0.39 is 22.7 Å². The monoisotopic (exact) mass is 428 g/mol. The number of carbonyl (C=O) groups excluding carboxylic acids is 1. The number of Topliss-reactive ketones (excluding diaryl/α,β-unsaturated/α-hetero) is 1. The molecule has 1 unspecified atom stereocenters. The molecule has 0 amide bonds. The lowest BCUT2D eigenvalue weighted by molar-refractivity contribution is 0.0113. The zero-order valence-corrected chi connectivity index (χ0v) is 21.0. The molecule has 3 nitrogen and oxygen atoms in total. The van der Waals surface area contributed by atoms with Gasteiger partial charge in [0, 0.05) is 5.56 Å². The molecule has 0 spiro atoms. The maximum atomic E-state index is 13.5. The fraction of sp³-hybridized carbons (Fsp3) is 0.458. The number of carbonyl (C=O) groups is 1. The van der Waals surface area contributed by atoms with Crippen LogP contribution in [0.5, 0.6) is 0 Å². The second kappa shape index (κ2) is 9.98. The number of ether oxygens (including phenoxy) is 1. The first-order chi connectivity index (χ1) is 13.5. The highest BCUT2D eigenvalue weighted by Gasteiger charge is 2.30. The van der Waals surface area contributed by atoms with Gasteiger partial charge in [-0.15, -0.1) is 0 Å². The summed E-state index contributed by atoms with van der Waals surface area (Å²) in [6.07, 6.45) is 0.239. The van der Waals surface area contributed by atoms with Crippen LogP contribution in [-0.4, -0.2) is 28.5 Å². The second-order valence-electron chi connectivity index (χ2n) is 9.47. The van der Waals surface area contributed by atoms with E-state index in [1.165, 1.54) is 0 Å². The Morgan fingerprint density at radius 1 is 0.897 bits per heavy atom. The summed E-state index contributed by atoms with van der Waals surface area (Å²) in [7, 11) is -3.35. The Bertz CT molecular complexity index is 795. The van der Waals surface area contributed by atoms with E-state index in [4.69, 9.17) is 8.85 Å². The molecular weight excluding hydrogens is 392 g/mol. The Labute approximate surface area is 178 Å². The van der Waals surface area contributed by atoms with Crippen LogP contribution < -0.4 is 0 Å². The van der Waals surface area contributed by atoms with Crippen molar-refractivity contribution in [3.8, 4) is 0 Å². The maximum absolute atomic E-state index is 13.5. The summed E-state index contributed by atoms with van der Waals surface area (Å²) >= 11 is 0. The van der Waals surface area contributed by atoms with Gasteiger partial charge in [0.1, 0.15) is 6.10 Å². The number of hydrogen-bond donors (Lipinski definition) is 0. The predicted molar refractivity (Wildman–Crippen MR) is 127 cm³/mol. The van der Waals surface area contributed by atoms with Crippen LogP contribution in [0.1, 0.15) is 41.4 Å². The Kier molecular flexibility index (Phi) is 8.17. The van der Waals surface area contributed by atoms with Gasteiger partial charge in [-0.25, -0.2) is 0 Å². The molecule has 0 radical (unpaired) electrons. The molecule has 0 heterocycles. The third-order valence-corrected chi connectivity index (χ3v) is 10.7. The van der Waals surface area contributed by atoms with Gasteiger partial charge in [0.15, 0.2) is 22.4 Å². The topological polar surface area (TPSA) is 35.5 Å². The normalized spacial score (nSPS) is 13.5. The molecule has 0 fully saturated rings. The molecular formula is C24H36O3Si2. The summed E-state index contributed by atoms with van der Waals surface area (Å²) in [5.41, 5.74) is 2.75. The van der Waals surface area contributed by atoms with E-state index >= 15 is 0 Å². The lowest BCUT2D eigenvalue weighted by Gasteiger charge is -2.31. The van der Waals surface area contributed by atoms with E-state index in [1.54, 1.807) is 0 Å². The molecule has 5 heteroatoms. The zero-order chi connectivity index (χ0) is 21.7. The molecule has 1 atom stereocenters. The van der Waals surface area contributed by atoms with Crippen LogP contribution in [0.3, 0.4) is 0 Å². The van der Waals surface area contributed by atoms with Gasteiger partial charge in [0.2, 0.25) is 0 Å². The van der Waals surface area contributed by atoms with Gasteiger partial charge in [0.25, 0.3) is 0 Å². The average Bonchev–Trinajstić information content (AvgIpc) is 2.63. The highest BCUT2D eigenvalue weighted by Crippen LogP contribution is 2.28. The smallest absolute Gasteiger partial charge is 0.196 e. The Morgan fingerprint density at radius 2 is 1.48 bits per heavy atom. The first kappa shape index (κ1) is 23.7. The van der Waals surface area contributed by atoms with E-state index in [9.17, 15) is 4.79 Å². The van der Waals surface area contributed by atoms with Gasteiger partial charge in [0.05, 0.1) is 6.10 Å². The van der Waals surface area contributed by atoms with Crippen molar-refractivity contribution in [1.29, 1.82) is 0 Å². The van der Waals surface area contributed by atoms with Gasteiger partial charge < -0.3 is 8.85 Å². The van der Waals surface area contributed by atoms with E-state index in [0.29, 0.717) is 0 Å². The lowest BCUT2D eigenvalue weighted by atomic mass is 9.95. The van der Waals surface area contributed by atoms with Crippen molar-refractivity contribution in [2.24, 2.45) is 0 Å². The third kappa shape index (κ3) is 7.66. The van der Waals surface area contributed by atoms with E-state index in [1.807, 2.05) is 62.4 Å². The first-order valence-corrected chi connectivity index (χ1v) is 17.0. The molecule has 0 aliphatic rings. The minimum absolute atomic E-state index is 0.0334. The van der Waals surface area contributed by atoms with E-state index in [0.717, 1.165) is 29.2 Å². The van der Waals surface area contributed by atoms with Crippen molar-refractivity contribution in [3.63, 3.8) is 0 Å². The minimum Gasteiger partial charge on any atom is -0.456 e. The second-order valence-corrected chi connectivity index (χ2v) is 18.5. The number of aryl methyl sites for hydroxylation is 1. The van der Waals surface area contributed by atoms with Crippen molar-refractivity contribution in [2.75, 3.05) is 0 Å². The van der Waals surface area contributed by atoms with Crippen molar-refractivity contribution in [3.05, 3.63) is 71.3 Å². The molecule has 0 bridgehead atoms. The zero-order valence-electron chi connectivity index (χ0n) is 19.0. The van der Waals surface area contributed by atoms with Crippen molar-refractivity contribution >= 4 is 22.4 Å². The summed E-state index contributed by atoms with van der Waals surface area (Å²) in [5, 5.41) is 0. The van der Waals surface area contributed by atoms with Gasteiger partial charge >= 0.3 is 0 Å². The Morgan fingerprint density at radius 3 is 2.07 bits per heavy atom. The number of ketones is 1. The maximum Gasteiger partial charge on any atom is 0.196 e. The molecule has 2 aromatic carbocycles. The van der Waals surface area contributed by atoms with Crippen LogP contribution in [0.4, 0.5) is 0 Å². The van der Waals surface area contributed by atoms with Gasteiger partial charge in [-0.2, -0.15) is 0 Å². The molecule has 2 rings (SSSR count). The van der Waals surface area contributed by atoms with E-state index in [2.05, 4.69) is 38.8 Å². The molecule has 0 aromatic heterocycles. The van der Waals surface area contributed by atoms with Crippen molar-refractivity contribution < 1.29 is 13.6 Å². The van der Waals surface area contributed by atoms with Gasteiger partial charge in [-0.1, -0.05) is 54.6 Å². The lowest BCUT2D eigenvalue weighted by Crippen LogP contribution is -2.42. The average molecular weight is 429 g/mol. The Balaban J connectivity index is 2.26. The third-order valence-electron chi connectivity index (χ3n) is 4.61. The highest BCUT2D eigenvalue weighted by molar-refractivity contribution is 6.84. The fourth-order valence-corrected chi connectivity index (χ4v) is 11.5. The molecule has 0 saturated carbocycles. The van der Waals surface area contributed by atoms with Crippen LogP contribution in [0, 0.1) is 0 Å². The molecule has 0 aliphatic carbocycles. The van der Waals surface area contributed by atoms with Gasteiger partial charge in [-0.05, 0) is 70.2 Å². The summed E-state index contributed by atoms with van der Waals surface area (Å²) in [6.45, 7) is 15.2. The predicted octanol–water partition coefficient (Wildman–Crippen LogP) is 6.63. The summed E-state index contributed by atoms with van der Waals surface area (Å²) in [6, 6.07) is 18.8. The van der Waals surface area contributed by atoms with Crippen LogP contribution in [0.15, 0.2) is 54.6 Å². The van der Waals surface area contributed by atoms with Crippen molar-refractivity contribution in [2.45, 2.75) is 71.3 Å². The van der Waals surface area contributed by atoms with Gasteiger partial charge in [-0.3, -0.25) is 4.79 Å². The number of rotatable bonds is 10. The Hall–Kier alpha value is -1.54. The molecule has 29 heavy (non-hydrogen) atoms. The standard InChI is InChI=1S/C24H36O3Si2/c1-19(2)26-24(21-14-9-8-10-15-21)23(25)22-16-12-11-13-20(22)17-18-29(6,7)27-28(3,4)5/h8-16,19,24H,17-18H2,1-7H3. The van der Waals surface area contributed by atoms with Crippen LogP contribution >= 0.6 is 0 Å². The molecule has 0 aliphatic heterocycles. The van der Waals surface area contributed by atoms with Crippen molar-refractivity contribution in [1.82, 2.24) is 0 Å². The fourth-order valence-electron chi connectivity index (χ4n) is 3.63. The highest BCUT2D eigenvalue weighted by atomic mass is 28.4. The molecule has 2 aromatic rings. The molecule has 0 saturated heterocycles. The molecule has 158 valence electrons. The first-order valence-electron chi connectivity index (χ1n) is 10.5. The van der Waals surface area contributed by atoms with Crippen LogP contribution in [0.25, 0.3) is 0 Å². The van der Waals surface area contributed by atoms with Crippen LogP contribution in [0.2, 0.25) is 38.8 Å². The summed E-state index contributed by atoms with van der Waals surface area (Å²) in [4.78, 5) is 13.5. The summed E-state index contributed by atoms with van der Waals surface area (Å²) < 4.78 is 12.5. The number of benzene rings is 2. The largest absolute Gasteiger partial charge is 0.456 e. The quantitative estimate of drug-likeness (QED) is 0.314.